The Labute approximate surface area is 170 Å². The lowest BCUT2D eigenvalue weighted by Gasteiger charge is -2.40. The number of aliphatic hydroxyl groups is 1. The molecule has 1 aromatic carbocycles. The zero-order chi connectivity index (χ0) is 21.8. The summed E-state index contributed by atoms with van der Waals surface area (Å²) in [6, 6.07) is 3.78. The summed E-state index contributed by atoms with van der Waals surface area (Å²) in [7, 11) is 1.77. The largest absolute Gasteiger partial charge is 0.431 e. The van der Waals surface area contributed by atoms with Crippen LogP contribution in [0.15, 0.2) is 24.3 Å². The van der Waals surface area contributed by atoms with E-state index in [-0.39, 0.29) is 24.6 Å². The van der Waals surface area contributed by atoms with E-state index in [1.165, 1.54) is 6.92 Å². The van der Waals surface area contributed by atoms with E-state index in [1.54, 1.807) is 31.3 Å². The summed E-state index contributed by atoms with van der Waals surface area (Å²) in [5.41, 5.74) is 1.41. The van der Waals surface area contributed by atoms with Gasteiger partial charge in [0.25, 0.3) is 0 Å². The van der Waals surface area contributed by atoms with Gasteiger partial charge in [-0.15, -0.1) is 0 Å². The molecule has 4 rings (SSSR count). The second-order valence-electron chi connectivity index (χ2n) is 8.07. The number of alkyl halides is 4. The molecular weight excluding hydrogens is 402 g/mol. The third-order valence-corrected chi connectivity index (χ3v) is 6.09. The van der Waals surface area contributed by atoms with Crippen LogP contribution in [0.1, 0.15) is 23.7 Å². The number of likely N-dealkylation sites (N-methyl/N-ethyl adjacent to an activating group) is 1. The third kappa shape index (κ3) is 3.39. The van der Waals surface area contributed by atoms with E-state index in [0.29, 0.717) is 16.5 Å². The van der Waals surface area contributed by atoms with Gasteiger partial charge in [-0.3, -0.25) is 9.69 Å². The summed E-state index contributed by atoms with van der Waals surface area (Å²) >= 11 is 0. The number of hydrogen-bond acceptors (Lipinski definition) is 3. The molecule has 0 radical (unpaired) electrons. The maximum atomic E-state index is 13.6. The van der Waals surface area contributed by atoms with Crippen molar-refractivity contribution in [1.82, 2.24) is 15.2 Å². The fourth-order valence-electron chi connectivity index (χ4n) is 4.54. The topological polar surface area (TPSA) is 68.4 Å². The van der Waals surface area contributed by atoms with E-state index in [4.69, 9.17) is 0 Å². The van der Waals surface area contributed by atoms with Crippen molar-refractivity contribution in [1.29, 1.82) is 0 Å². The molecule has 0 fully saturated rings. The Morgan fingerprint density at radius 3 is 2.77 bits per heavy atom. The number of aromatic amines is 1. The molecule has 1 aromatic heterocycles. The van der Waals surface area contributed by atoms with Gasteiger partial charge in [-0.25, -0.2) is 4.39 Å². The number of amides is 1. The van der Waals surface area contributed by atoms with Gasteiger partial charge in [0.1, 0.15) is 11.9 Å². The van der Waals surface area contributed by atoms with Gasteiger partial charge in [0, 0.05) is 23.5 Å². The second-order valence-corrected chi connectivity index (χ2v) is 8.07. The minimum Gasteiger partial charge on any atom is -0.394 e. The summed E-state index contributed by atoms with van der Waals surface area (Å²) in [6.45, 7) is 1.03. The van der Waals surface area contributed by atoms with Gasteiger partial charge in [0.15, 0.2) is 0 Å². The van der Waals surface area contributed by atoms with Crippen LogP contribution < -0.4 is 5.32 Å². The molecule has 0 saturated carbocycles. The van der Waals surface area contributed by atoms with Crippen LogP contribution in [0.2, 0.25) is 0 Å². The fraction of sp³-hybridized carbons (Fsp3) is 0.476. The van der Waals surface area contributed by atoms with Crippen LogP contribution in [0.25, 0.3) is 16.5 Å². The van der Waals surface area contributed by atoms with Crippen LogP contribution in [-0.2, 0) is 17.4 Å². The molecule has 5 nitrogen and oxygen atoms in total. The van der Waals surface area contributed by atoms with E-state index >= 15 is 0 Å². The first-order chi connectivity index (χ1) is 14.1. The van der Waals surface area contributed by atoms with Crippen LogP contribution in [0, 0.1) is 5.92 Å². The Morgan fingerprint density at radius 1 is 1.40 bits per heavy atom. The quantitative estimate of drug-likeness (QED) is 0.660. The number of carbonyl (C=O) groups excluding carboxylic acids is 1. The highest BCUT2D eigenvalue weighted by Gasteiger charge is 2.42. The molecule has 1 amide bonds. The number of nitrogens with zero attached hydrogens (tertiary/aromatic N) is 1. The number of benzene rings is 1. The van der Waals surface area contributed by atoms with Crippen molar-refractivity contribution in [2.75, 3.05) is 20.2 Å². The molecule has 2 aromatic rings. The Morgan fingerprint density at radius 2 is 2.13 bits per heavy atom. The van der Waals surface area contributed by atoms with Crippen molar-refractivity contribution < 1.29 is 27.5 Å². The lowest BCUT2D eigenvalue weighted by Crippen LogP contribution is -2.50. The average molecular weight is 425 g/mol. The lowest BCUT2D eigenvalue weighted by molar-refractivity contribution is -0.141. The van der Waals surface area contributed by atoms with E-state index in [0.717, 1.165) is 5.57 Å². The number of nitrogens with one attached hydrogen (secondary N) is 2. The van der Waals surface area contributed by atoms with Gasteiger partial charge in [0.2, 0.25) is 5.91 Å². The first kappa shape index (κ1) is 20.9. The van der Waals surface area contributed by atoms with E-state index < -0.39 is 42.5 Å². The molecule has 2 aliphatic rings. The van der Waals surface area contributed by atoms with E-state index in [2.05, 4.69) is 10.3 Å². The number of rotatable bonds is 4. The minimum absolute atomic E-state index is 0.184. The molecular formula is C21H23F4N3O2. The molecule has 1 aliphatic carbocycles. The van der Waals surface area contributed by atoms with Gasteiger partial charge >= 0.3 is 6.18 Å². The zero-order valence-corrected chi connectivity index (χ0v) is 16.6. The molecule has 9 heteroatoms. The average Bonchev–Trinajstić information content (AvgIpc) is 3.06. The molecule has 2 heterocycles. The Balaban J connectivity index is 1.76. The summed E-state index contributed by atoms with van der Waals surface area (Å²) in [6.07, 6.45) is -3.93. The standard InChI is InChI=1S/C21H23F4N3O2/c1-10(22)16(9-29)27-20(30)11-6-13-12-4-3-5-15-18(12)14(7-17(13)28(2)8-11)19(26-15)21(23,24)25/h3-6,10-11,16-17,26,29H,7-9H2,1-2H3,(H,27,30). The third-order valence-electron chi connectivity index (χ3n) is 6.09. The SMILES string of the molecule is CC(F)C(CO)NC(=O)C1C=C2c3cccc4[nH]c(C(F)(F)F)c(c34)CC2N(C)C1. The number of halogens is 4. The predicted molar refractivity (Wildman–Crippen MR) is 104 cm³/mol. The second kappa shape index (κ2) is 7.39. The molecule has 30 heavy (non-hydrogen) atoms. The Hall–Kier alpha value is -2.39. The van der Waals surface area contributed by atoms with E-state index in [1.807, 2.05) is 4.90 Å². The van der Waals surface area contributed by atoms with Crippen LogP contribution >= 0.6 is 0 Å². The number of hydrogen-bond donors (Lipinski definition) is 3. The number of H-pyrrole nitrogens is 1. The molecule has 1 aliphatic heterocycles. The number of aromatic nitrogens is 1. The highest BCUT2D eigenvalue weighted by molar-refractivity contribution is 6.00. The highest BCUT2D eigenvalue weighted by Crippen LogP contribution is 2.45. The number of aliphatic hydroxyl groups excluding tert-OH is 1. The van der Waals surface area contributed by atoms with Crippen LogP contribution in [0.4, 0.5) is 17.6 Å². The predicted octanol–water partition coefficient (Wildman–Crippen LogP) is 2.89. The molecule has 0 saturated heterocycles. The van der Waals surface area contributed by atoms with Gasteiger partial charge < -0.3 is 15.4 Å². The number of carbonyl (C=O) groups is 1. The van der Waals surface area contributed by atoms with Crippen molar-refractivity contribution in [3.8, 4) is 0 Å². The fourth-order valence-corrected chi connectivity index (χ4v) is 4.54. The summed E-state index contributed by atoms with van der Waals surface area (Å²) in [5, 5.41) is 12.4. The molecule has 0 spiro atoms. The number of fused-ring (bicyclic) bond motifs is 2. The van der Waals surface area contributed by atoms with Gasteiger partial charge in [-0.2, -0.15) is 13.2 Å². The maximum absolute atomic E-state index is 13.6. The first-order valence-corrected chi connectivity index (χ1v) is 9.80. The maximum Gasteiger partial charge on any atom is 0.431 e. The highest BCUT2D eigenvalue weighted by atomic mass is 19.4. The molecule has 4 atom stereocenters. The first-order valence-electron chi connectivity index (χ1n) is 9.80. The van der Waals surface area contributed by atoms with Crippen molar-refractivity contribution in [2.24, 2.45) is 5.92 Å². The summed E-state index contributed by atoms with van der Waals surface area (Å²) in [4.78, 5) is 17.1. The molecule has 0 bridgehead atoms. The lowest BCUT2D eigenvalue weighted by atomic mass is 9.79. The minimum atomic E-state index is -4.48. The van der Waals surface area contributed by atoms with Gasteiger partial charge in [-0.1, -0.05) is 18.2 Å². The van der Waals surface area contributed by atoms with Crippen LogP contribution in [-0.4, -0.2) is 59.4 Å². The Bertz CT molecular complexity index is 1010. The normalized spacial score (nSPS) is 23.6. The van der Waals surface area contributed by atoms with Crippen molar-refractivity contribution in [3.63, 3.8) is 0 Å². The van der Waals surface area contributed by atoms with Crippen LogP contribution in [0.3, 0.4) is 0 Å². The summed E-state index contributed by atoms with van der Waals surface area (Å²) < 4.78 is 54.3. The molecule has 3 N–H and O–H groups in total. The van der Waals surface area contributed by atoms with Crippen molar-refractivity contribution in [2.45, 2.75) is 37.8 Å². The van der Waals surface area contributed by atoms with Crippen molar-refractivity contribution >= 4 is 22.4 Å². The monoisotopic (exact) mass is 425 g/mol. The Kier molecular flexibility index (Phi) is 5.14. The van der Waals surface area contributed by atoms with E-state index in [9.17, 15) is 27.5 Å². The van der Waals surface area contributed by atoms with Gasteiger partial charge in [-0.05, 0) is 43.2 Å². The van der Waals surface area contributed by atoms with Crippen molar-refractivity contribution in [3.05, 3.63) is 41.1 Å². The smallest absolute Gasteiger partial charge is 0.394 e. The molecule has 162 valence electrons. The zero-order valence-electron chi connectivity index (χ0n) is 16.6. The molecule has 4 unspecified atom stereocenters. The summed E-state index contributed by atoms with van der Waals surface area (Å²) in [5.74, 6) is -1.02. The van der Waals surface area contributed by atoms with Gasteiger partial charge in [0.05, 0.1) is 18.6 Å². The van der Waals surface area contributed by atoms with Crippen LogP contribution in [0.5, 0.6) is 0 Å².